The molecule has 0 saturated heterocycles. The van der Waals surface area contributed by atoms with Gasteiger partial charge in [-0.05, 0) is 30.3 Å². The first-order chi connectivity index (χ1) is 8.92. The van der Waals surface area contributed by atoms with Gasteiger partial charge in [-0.2, -0.15) is 5.10 Å². The van der Waals surface area contributed by atoms with Gasteiger partial charge in [0.1, 0.15) is 11.2 Å². The second-order valence-corrected chi connectivity index (χ2v) is 4.23. The monoisotopic (exact) mass is 234 g/mol. The van der Waals surface area contributed by atoms with Crippen molar-refractivity contribution < 1.29 is 4.42 Å². The minimum Gasteiger partial charge on any atom is -0.456 e. The van der Waals surface area contributed by atoms with E-state index in [1.165, 1.54) is 0 Å². The van der Waals surface area contributed by atoms with Crippen molar-refractivity contribution in [2.24, 2.45) is 0 Å². The van der Waals surface area contributed by atoms with Gasteiger partial charge in [0, 0.05) is 23.2 Å². The van der Waals surface area contributed by atoms with Crippen LogP contribution in [0.1, 0.15) is 0 Å². The topological polar surface area (TPSA) is 31.0 Å². The first-order valence-corrected chi connectivity index (χ1v) is 5.83. The van der Waals surface area contributed by atoms with Gasteiger partial charge in [-0.3, -0.25) is 0 Å². The molecule has 0 fully saturated rings. The Bertz CT molecular complexity index is 828. The molecule has 2 aromatic heterocycles. The molecule has 0 saturated carbocycles. The average molecular weight is 234 g/mol. The highest BCUT2D eigenvalue weighted by Gasteiger charge is 2.07. The minimum absolute atomic E-state index is 0.909. The molecule has 0 amide bonds. The molecule has 0 N–H and O–H groups in total. The predicted octanol–water partition coefficient (Wildman–Crippen LogP) is 3.77. The second kappa shape index (κ2) is 3.47. The molecule has 0 aliphatic heterocycles. The molecule has 86 valence electrons. The SMILES string of the molecule is c1ccc2c(c1)oc1ccc(-n3cccn3)cc12. The van der Waals surface area contributed by atoms with Crippen LogP contribution in [0.4, 0.5) is 0 Å². The van der Waals surface area contributed by atoms with Gasteiger partial charge in [-0.1, -0.05) is 18.2 Å². The van der Waals surface area contributed by atoms with Crippen LogP contribution in [0, 0.1) is 0 Å². The molecular formula is C15H10N2O. The van der Waals surface area contributed by atoms with E-state index >= 15 is 0 Å². The fourth-order valence-corrected chi connectivity index (χ4v) is 2.28. The summed E-state index contributed by atoms with van der Waals surface area (Å²) in [5.74, 6) is 0. The number of nitrogens with zero attached hydrogens (tertiary/aromatic N) is 2. The molecule has 0 atom stereocenters. The number of hydrogen-bond acceptors (Lipinski definition) is 2. The van der Waals surface area contributed by atoms with Crippen molar-refractivity contribution in [2.45, 2.75) is 0 Å². The molecule has 0 aliphatic carbocycles. The van der Waals surface area contributed by atoms with Gasteiger partial charge in [-0.25, -0.2) is 4.68 Å². The summed E-state index contributed by atoms with van der Waals surface area (Å²) in [7, 11) is 0. The van der Waals surface area contributed by atoms with Crippen molar-refractivity contribution in [3.63, 3.8) is 0 Å². The number of furan rings is 1. The zero-order valence-electron chi connectivity index (χ0n) is 9.58. The van der Waals surface area contributed by atoms with Crippen molar-refractivity contribution in [2.75, 3.05) is 0 Å². The predicted molar refractivity (Wildman–Crippen MR) is 70.8 cm³/mol. The maximum Gasteiger partial charge on any atom is 0.135 e. The van der Waals surface area contributed by atoms with Crippen molar-refractivity contribution >= 4 is 21.9 Å². The largest absolute Gasteiger partial charge is 0.456 e. The summed E-state index contributed by atoms with van der Waals surface area (Å²) in [6.45, 7) is 0. The van der Waals surface area contributed by atoms with E-state index in [1.807, 2.05) is 47.3 Å². The maximum atomic E-state index is 5.80. The van der Waals surface area contributed by atoms with Crippen LogP contribution in [-0.2, 0) is 0 Å². The van der Waals surface area contributed by atoms with Crippen LogP contribution >= 0.6 is 0 Å². The lowest BCUT2D eigenvalue weighted by Gasteiger charge is -2.00. The van der Waals surface area contributed by atoms with E-state index in [-0.39, 0.29) is 0 Å². The molecule has 18 heavy (non-hydrogen) atoms. The Morgan fingerprint density at radius 3 is 2.67 bits per heavy atom. The Kier molecular flexibility index (Phi) is 1.83. The summed E-state index contributed by atoms with van der Waals surface area (Å²) in [5.41, 5.74) is 2.87. The van der Waals surface area contributed by atoms with Crippen molar-refractivity contribution in [1.29, 1.82) is 0 Å². The van der Waals surface area contributed by atoms with Gasteiger partial charge in [-0.15, -0.1) is 0 Å². The van der Waals surface area contributed by atoms with Crippen LogP contribution in [0.15, 0.2) is 65.3 Å². The van der Waals surface area contributed by atoms with Crippen molar-refractivity contribution in [3.8, 4) is 5.69 Å². The molecule has 0 spiro atoms. The normalized spacial score (nSPS) is 11.3. The van der Waals surface area contributed by atoms with Gasteiger partial charge >= 0.3 is 0 Å². The molecule has 4 aromatic rings. The highest BCUT2D eigenvalue weighted by Crippen LogP contribution is 2.29. The molecule has 0 radical (unpaired) electrons. The van der Waals surface area contributed by atoms with Crippen LogP contribution < -0.4 is 0 Å². The van der Waals surface area contributed by atoms with Gasteiger partial charge in [0.05, 0.1) is 5.69 Å². The second-order valence-electron chi connectivity index (χ2n) is 4.23. The first-order valence-electron chi connectivity index (χ1n) is 5.83. The summed E-state index contributed by atoms with van der Waals surface area (Å²) in [6, 6.07) is 16.1. The van der Waals surface area contributed by atoms with E-state index in [1.54, 1.807) is 6.20 Å². The number of rotatable bonds is 1. The molecule has 4 rings (SSSR count). The average Bonchev–Trinajstić information content (AvgIpc) is 3.05. The van der Waals surface area contributed by atoms with E-state index in [2.05, 4.69) is 17.2 Å². The lowest BCUT2D eigenvalue weighted by atomic mass is 10.1. The third kappa shape index (κ3) is 1.27. The third-order valence-electron chi connectivity index (χ3n) is 3.13. The van der Waals surface area contributed by atoms with Crippen LogP contribution in [0.5, 0.6) is 0 Å². The van der Waals surface area contributed by atoms with Crippen LogP contribution in [0.2, 0.25) is 0 Å². The summed E-state index contributed by atoms with van der Waals surface area (Å²) in [6.07, 6.45) is 3.71. The molecule has 2 heterocycles. The number of aromatic nitrogens is 2. The zero-order valence-corrected chi connectivity index (χ0v) is 9.58. The van der Waals surface area contributed by atoms with Gasteiger partial charge in [0.15, 0.2) is 0 Å². The molecule has 0 aliphatic rings. The fraction of sp³-hybridized carbons (Fsp3) is 0. The zero-order chi connectivity index (χ0) is 11.9. The first kappa shape index (κ1) is 9.48. The van der Waals surface area contributed by atoms with E-state index < -0.39 is 0 Å². The molecule has 3 heteroatoms. The summed E-state index contributed by atoms with van der Waals surface area (Å²) >= 11 is 0. The standard InChI is InChI=1S/C15H10N2O/c1-2-5-14-12(4-1)13-10-11(6-7-15(13)18-14)17-9-3-8-16-17/h1-10H. The quantitative estimate of drug-likeness (QED) is 0.502. The molecular weight excluding hydrogens is 224 g/mol. The summed E-state index contributed by atoms with van der Waals surface area (Å²) < 4.78 is 7.64. The number of para-hydroxylation sites is 1. The lowest BCUT2D eigenvalue weighted by molar-refractivity contribution is 0.668. The third-order valence-corrected chi connectivity index (χ3v) is 3.13. The van der Waals surface area contributed by atoms with Crippen LogP contribution in [-0.4, -0.2) is 9.78 Å². The molecule has 2 aromatic carbocycles. The molecule has 3 nitrogen and oxygen atoms in total. The maximum absolute atomic E-state index is 5.80. The Balaban J connectivity index is 2.07. The highest BCUT2D eigenvalue weighted by atomic mass is 16.3. The molecule has 0 unspecified atom stereocenters. The minimum atomic E-state index is 0.909. The Morgan fingerprint density at radius 2 is 1.78 bits per heavy atom. The van der Waals surface area contributed by atoms with Gasteiger partial charge in [0.2, 0.25) is 0 Å². The number of fused-ring (bicyclic) bond motifs is 3. The summed E-state index contributed by atoms with van der Waals surface area (Å²) in [5, 5.41) is 6.51. The Labute approximate surface area is 103 Å². The van der Waals surface area contributed by atoms with E-state index in [0.717, 1.165) is 27.6 Å². The lowest BCUT2D eigenvalue weighted by Crippen LogP contribution is -1.92. The van der Waals surface area contributed by atoms with Crippen LogP contribution in [0.3, 0.4) is 0 Å². The number of benzene rings is 2. The molecule has 0 bridgehead atoms. The van der Waals surface area contributed by atoms with E-state index in [4.69, 9.17) is 4.42 Å². The van der Waals surface area contributed by atoms with E-state index in [0.29, 0.717) is 0 Å². The van der Waals surface area contributed by atoms with Crippen LogP contribution in [0.25, 0.3) is 27.6 Å². The van der Waals surface area contributed by atoms with Crippen molar-refractivity contribution in [1.82, 2.24) is 9.78 Å². The highest BCUT2D eigenvalue weighted by molar-refractivity contribution is 6.05. The van der Waals surface area contributed by atoms with Gasteiger partial charge < -0.3 is 4.42 Å². The van der Waals surface area contributed by atoms with Crippen molar-refractivity contribution in [3.05, 3.63) is 60.9 Å². The Morgan fingerprint density at radius 1 is 0.889 bits per heavy atom. The summed E-state index contributed by atoms with van der Waals surface area (Å²) in [4.78, 5) is 0. The fourth-order valence-electron chi connectivity index (χ4n) is 2.28. The smallest absolute Gasteiger partial charge is 0.135 e. The number of hydrogen-bond donors (Lipinski definition) is 0. The van der Waals surface area contributed by atoms with Gasteiger partial charge in [0.25, 0.3) is 0 Å². The Hall–Kier alpha value is -2.55. The van der Waals surface area contributed by atoms with E-state index in [9.17, 15) is 0 Å².